The molecule has 1 aromatic carbocycles. The van der Waals surface area contributed by atoms with Gasteiger partial charge in [0.05, 0.1) is 19.1 Å². The van der Waals surface area contributed by atoms with Gasteiger partial charge < -0.3 is 15.2 Å². The summed E-state index contributed by atoms with van der Waals surface area (Å²) in [5.74, 6) is 1.79. The molecule has 0 unspecified atom stereocenters. The molecule has 102 valence electrons. The number of hydrogen-bond donors (Lipinski definition) is 1. The SMILES string of the molecule is COc1cc(C(C)(C)CCN)c(OC)cc1SC. The summed E-state index contributed by atoms with van der Waals surface area (Å²) in [5, 5.41) is 0. The van der Waals surface area contributed by atoms with Gasteiger partial charge in [-0.15, -0.1) is 11.8 Å². The molecule has 0 aromatic heterocycles. The van der Waals surface area contributed by atoms with Crippen molar-refractivity contribution >= 4 is 11.8 Å². The summed E-state index contributed by atoms with van der Waals surface area (Å²) in [6, 6.07) is 4.11. The third-order valence-corrected chi connectivity index (χ3v) is 3.96. The van der Waals surface area contributed by atoms with Crippen molar-refractivity contribution in [3.8, 4) is 11.5 Å². The summed E-state index contributed by atoms with van der Waals surface area (Å²) in [5.41, 5.74) is 6.81. The first-order chi connectivity index (χ1) is 8.50. The fourth-order valence-electron chi connectivity index (χ4n) is 2.05. The molecule has 2 N–H and O–H groups in total. The Bertz CT molecular complexity index is 405. The van der Waals surface area contributed by atoms with Gasteiger partial charge in [0.2, 0.25) is 0 Å². The van der Waals surface area contributed by atoms with E-state index in [9.17, 15) is 0 Å². The minimum Gasteiger partial charge on any atom is -0.496 e. The Kier molecular flexibility index (Phi) is 5.35. The molecule has 0 atom stereocenters. The standard InChI is InChI=1S/C14H23NO2S/c1-14(2,6-7-15)10-8-12(17-4)13(18-5)9-11(10)16-3/h8-9H,6-7,15H2,1-5H3. The maximum absolute atomic E-state index is 5.69. The highest BCUT2D eigenvalue weighted by atomic mass is 32.2. The van der Waals surface area contributed by atoms with Gasteiger partial charge in [-0.2, -0.15) is 0 Å². The number of thioether (sulfide) groups is 1. The zero-order chi connectivity index (χ0) is 13.8. The van der Waals surface area contributed by atoms with Gasteiger partial charge >= 0.3 is 0 Å². The van der Waals surface area contributed by atoms with Crippen LogP contribution in [0, 0.1) is 0 Å². The van der Waals surface area contributed by atoms with Crippen LogP contribution in [0.3, 0.4) is 0 Å². The largest absolute Gasteiger partial charge is 0.496 e. The van der Waals surface area contributed by atoms with Crippen molar-refractivity contribution in [2.24, 2.45) is 5.73 Å². The molecule has 0 saturated heterocycles. The van der Waals surface area contributed by atoms with Crippen molar-refractivity contribution in [2.75, 3.05) is 27.0 Å². The highest BCUT2D eigenvalue weighted by molar-refractivity contribution is 7.98. The van der Waals surface area contributed by atoms with Crippen molar-refractivity contribution < 1.29 is 9.47 Å². The zero-order valence-corrected chi connectivity index (χ0v) is 12.7. The molecule has 0 saturated carbocycles. The predicted octanol–water partition coefficient (Wildman–Crippen LogP) is 3.05. The number of rotatable bonds is 6. The normalized spacial score (nSPS) is 11.4. The lowest BCUT2D eigenvalue weighted by molar-refractivity contribution is 0.373. The van der Waals surface area contributed by atoms with Gasteiger partial charge in [0.15, 0.2) is 0 Å². The highest BCUT2D eigenvalue weighted by Crippen LogP contribution is 2.41. The lowest BCUT2D eigenvalue weighted by Gasteiger charge is -2.27. The van der Waals surface area contributed by atoms with Gasteiger partial charge in [-0.3, -0.25) is 0 Å². The van der Waals surface area contributed by atoms with Crippen LogP contribution < -0.4 is 15.2 Å². The molecule has 4 heteroatoms. The van der Waals surface area contributed by atoms with Crippen LogP contribution in [0.2, 0.25) is 0 Å². The summed E-state index contributed by atoms with van der Waals surface area (Å²) in [6.07, 6.45) is 2.94. The third kappa shape index (κ3) is 3.12. The molecule has 0 aliphatic rings. The maximum Gasteiger partial charge on any atom is 0.132 e. The molecule has 0 aliphatic heterocycles. The lowest BCUT2D eigenvalue weighted by atomic mass is 9.81. The average Bonchev–Trinajstić information content (AvgIpc) is 2.36. The van der Waals surface area contributed by atoms with Gasteiger partial charge in [-0.25, -0.2) is 0 Å². The summed E-state index contributed by atoms with van der Waals surface area (Å²) in [6.45, 7) is 5.01. The van der Waals surface area contributed by atoms with E-state index in [1.165, 1.54) is 0 Å². The summed E-state index contributed by atoms with van der Waals surface area (Å²) >= 11 is 1.65. The molecule has 1 rings (SSSR count). The van der Waals surface area contributed by atoms with Crippen LogP contribution >= 0.6 is 11.8 Å². The zero-order valence-electron chi connectivity index (χ0n) is 11.9. The number of nitrogens with two attached hydrogens (primary N) is 1. The van der Waals surface area contributed by atoms with E-state index in [2.05, 4.69) is 19.9 Å². The quantitative estimate of drug-likeness (QED) is 0.806. The predicted molar refractivity (Wildman–Crippen MR) is 78.0 cm³/mol. The Morgan fingerprint density at radius 3 is 2.22 bits per heavy atom. The molecule has 3 nitrogen and oxygen atoms in total. The van der Waals surface area contributed by atoms with Crippen LogP contribution in [0.5, 0.6) is 11.5 Å². The Morgan fingerprint density at radius 1 is 1.17 bits per heavy atom. The number of methoxy groups -OCH3 is 2. The highest BCUT2D eigenvalue weighted by Gasteiger charge is 2.25. The monoisotopic (exact) mass is 269 g/mol. The van der Waals surface area contributed by atoms with Gasteiger partial charge in [0.1, 0.15) is 11.5 Å². The van der Waals surface area contributed by atoms with Crippen LogP contribution in [0.25, 0.3) is 0 Å². The van der Waals surface area contributed by atoms with Gasteiger partial charge in [0.25, 0.3) is 0 Å². The van der Waals surface area contributed by atoms with Crippen molar-refractivity contribution in [2.45, 2.75) is 30.6 Å². The van der Waals surface area contributed by atoms with Gasteiger partial charge in [-0.05, 0) is 36.8 Å². The van der Waals surface area contributed by atoms with Gasteiger partial charge in [0, 0.05) is 5.56 Å². The average molecular weight is 269 g/mol. The number of benzene rings is 1. The third-order valence-electron chi connectivity index (χ3n) is 3.20. The smallest absolute Gasteiger partial charge is 0.132 e. The number of hydrogen-bond acceptors (Lipinski definition) is 4. The minimum absolute atomic E-state index is 0.0235. The van der Waals surface area contributed by atoms with Crippen molar-refractivity contribution in [3.05, 3.63) is 17.7 Å². The van der Waals surface area contributed by atoms with Crippen LogP contribution in [0.1, 0.15) is 25.8 Å². The topological polar surface area (TPSA) is 44.5 Å². The van der Waals surface area contributed by atoms with Crippen molar-refractivity contribution in [1.82, 2.24) is 0 Å². The van der Waals surface area contributed by atoms with Gasteiger partial charge in [-0.1, -0.05) is 13.8 Å². The molecule has 0 radical (unpaired) electrons. The van der Waals surface area contributed by atoms with Crippen LogP contribution in [0.15, 0.2) is 17.0 Å². The van der Waals surface area contributed by atoms with E-state index in [1.807, 2.05) is 12.3 Å². The Morgan fingerprint density at radius 2 is 1.78 bits per heavy atom. The van der Waals surface area contributed by atoms with E-state index in [4.69, 9.17) is 15.2 Å². The second-order valence-electron chi connectivity index (χ2n) is 4.83. The van der Waals surface area contributed by atoms with E-state index < -0.39 is 0 Å². The Labute approximate surface area is 114 Å². The molecule has 0 aliphatic carbocycles. The molecule has 0 fully saturated rings. The van der Waals surface area contributed by atoms with Crippen molar-refractivity contribution in [3.63, 3.8) is 0 Å². The Balaban J connectivity index is 3.33. The molecule has 0 amide bonds. The summed E-state index contributed by atoms with van der Waals surface area (Å²) in [4.78, 5) is 1.08. The Hall–Kier alpha value is -0.870. The molecule has 0 heterocycles. The minimum atomic E-state index is -0.0235. The second-order valence-corrected chi connectivity index (χ2v) is 5.68. The first kappa shape index (κ1) is 15.2. The first-order valence-corrected chi connectivity index (χ1v) is 7.23. The van der Waals surface area contributed by atoms with E-state index in [0.29, 0.717) is 6.54 Å². The van der Waals surface area contributed by atoms with Crippen LogP contribution in [-0.2, 0) is 5.41 Å². The summed E-state index contributed by atoms with van der Waals surface area (Å²) in [7, 11) is 3.40. The first-order valence-electron chi connectivity index (χ1n) is 6.00. The fourth-order valence-corrected chi connectivity index (χ4v) is 2.62. The van der Waals surface area contributed by atoms with E-state index in [0.717, 1.165) is 28.4 Å². The van der Waals surface area contributed by atoms with E-state index >= 15 is 0 Å². The second kappa shape index (κ2) is 6.34. The van der Waals surface area contributed by atoms with Crippen LogP contribution in [-0.4, -0.2) is 27.0 Å². The number of ether oxygens (including phenoxy) is 2. The molecular formula is C14H23NO2S. The molecule has 0 bridgehead atoms. The molecule has 0 spiro atoms. The van der Waals surface area contributed by atoms with Crippen molar-refractivity contribution in [1.29, 1.82) is 0 Å². The lowest BCUT2D eigenvalue weighted by Crippen LogP contribution is -2.22. The van der Waals surface area contributed by atoms with Crippen LogP contribution in [0.4, 0.5) is 0 Å². The fraction of sp³-hybridized carbons (Fsp3) is 0.571. The summed E-state index contributed by atoms with van der Waals surface area (Å²) < 4.78 is 11.0. The van der Waals surface area contributed by atoms with E-state index in [1.54, 1.807) is 26.0 Å². The van der Waals surface area contributed by atoms with E-state index in [-0.39, 0.29) is 5.41 Å². The molecular weight excluding hydrogens is 246 g/mol. The maximum atomic E-state index is 5.69. The molecule has 18 heavy (non-hydrogen) atoms. The molecule has 1 aromatic rings.